The average Bonchev–Trinajstić information content (AvgIpc) is 3.83. The van der Waals surface area contributed by atoms with Crippen LogP contribution in [0.15, 0.2) is 73.6 Å². The minimum absolute atomic E-state index is 0.00157. The molecule has 7 rings (SSSR count). The van der Waals surface area contributed by atoms with E-state index >= 15 is 0 Å². The number of Topliss-reactive ketones (excluding diaryl/α,β-unsaturated/α-hetero) is 2. The van der Waals surface area contributed by atoms with Gasteiger partial charge in [-0.15, -0.1) is 0 Å². The number of fused-ring (bicyclic) bond motifs is 2. The number of piperidine rings is 1. The molecule has 0 radical (unpaired) electrons. The van der Waals surface area contributed by atoms with Crippen LogP contribution < -0.4 is 15.0 Å². The Bertz CT molecular complexity index is 2320. The predicted octanol–water partition coefficient (Wildman–Crippen LogP) is 8.55. The van der Waals surface area contributed by atoms with Gasteiger partial charge in [-0.3, -0.25) is 19.2 Å². The van der Waals surface area contributed by atoms with E-state index in [1.165, 1.54) is 11.0 Å². The van der Waals surface area contributed by atoms with Gasteiger partial charge in [0.05, 0.1) is 41.0 Å². The van der Waals surface area contributed by atoms with E-state index < -0.39 is 18.6 Å². The number of carbonyl (C=O) groups is 5. The first kappa shape index (κ1) is 45.0. The smallest absolute Gasteiger partial charge is 0.416 e. The molecule has 63 heavy (non-hydrogen) atoms. The van der Waals surface area contributed by atoms with Crippen molar-refractivity contribution in [1.29, 1.82) is 0 Å². The number of anilines is 2. The lowest BCUT2D eigenvalue weighted by Gasteiger charge is -2.42. The summed E-state index contributed by atoms with van der Waals surface area (Å²) in [7, 11) is 3.63. The summed E-state index contributed by atoms with van der Waals surface area (Å²) in [5.74, 6) is 0.165. The van der Waals surface area contributed by atoms with Gasteiger partial charge in [0.1, 0.15) is 12.4 Å². The van der Waals surface area contributed by atoms with E-state index in [2.05, 4.69) is 11.9 Å². The maximum absolute atomic E-state index is 14.2. The first-order chi connectivity index (χ1) is 30.4. The predicted molar refractivity (Wildman–Crippen MR) is 239 cm³/mol. The van der Waals surface area contributed by atoms with Crippen molar-refractivity contribution in [3.63, 3.8) is 0 Å². The second kappa shape index (κ2) is 20.5. The van der Waals surface area contributed by atoms with Gasteiger partial charge >= 0.3 is 6.09 Å². The molecular formula is C49H59N5O9. The number of hydrogen-bond donors (Lipinski definition) is 1. The standard InChI is InChI=1S/C49H59N5O9/c1-6-22-62-49(59)54-41-29-44(32(2)25-38(41)47(58)53-21-11-9-14-39(53)48(54)63-46-16-10-13-24-61-46)60-23-12-7-8-15-45(57)50-37-28-42(52(5)31-37)43(56)26-34-17-19-35(20-18-34)36-27-40(33(3)55)51(4)30-36/h6,17-20,25,27-31,39,46,48H,1,7-16,21-24,26H2,2-5H3,(H,50,57)/t39-,46?,48?/m0/s1. The summed E-state index contributed by atoms with van der Waals surface area (Å²) >= 11 is 0. The van der Waals surface area contributed by atoms with Gasteiger partial charge in [0.2, 0.25) is 5.91 Å². The Morgan fingerprint density at radius 1 is 0.905 bits per heavy atom. The summed E-state index contributed by atoms with van der Waals surface area (Å²) in [4.78, 5) is 69.5. The summed E-state index contributed by atoms with van der Waals surface area (Å²) < 4.78 is 28.0. The molecule has 2 aromatic carbocycles. The highest BCUT2D eigenvalue weighted by molar-refractivity contribution is 6.06. The number of unbranched alkanes of at least 4 members (excludes halogenated alkanes) is 2. The number of aryl methyl sites for hydroxylation is 3. The number of rotatable bonds is 17. The van der Waals surface area contributed by atoms with Gasteiger partial charge < -0.3 is 38.3 Å². The average molecular weight is 862 g/mol. The summed E-state index contributed by atoms with van der Waals surface area (Å²) in [6, 6.07) is 14.5. The number of ketones is 2. The highest BCUT2D eigenvalue weighted by Gasteiger charge is 2.46. The van der Waals surface area contributed by atoms with Crippen molar-refractivity contribution in [2.45, 2.75) is 103 Å². The van der Waals surface area contributed by atoms with Crippen LogP contribution in [0.4, 0.5) is 16.2 Å². The molecule has 3 aliphatic heterocycles. The van der Waals surface area contributed by atoms with Crippen LogP contribution in [0.3, 0.4) is 0 Å². The summed E-state index contributed by atoms with van der Waals surface area (Å²) in [5, 5.41) is 2.93. The lowest BCUT2D eigenvalue weighted by molar-refractivity contribution is -0.198. The molecule has 0 bridgehead atoms. The van der Waals surface area contributed by atoms with E-state index in [9.17, 15) is 24.0 Å². The molecule has 3 aliphatic rings. The number of aromatic nitrogens is 2. The van der Waals surface area contributed by atoms with Crippen molar-refractivity contribution < 1.29 is 42.9 Å². The molecule has 14 heteroatoms. The lowest BCUT2D eigenvalue weighted by atomic mass is 10.00. The van der Waals surface area contributed by atoms with Crippen molar-refractivity contribution in [3.05, 3.63) is 102 Å². The van der Waals surface area contributed by atoms with E-state index in [1.807, 2.05) is 60.0 Å². The molecule has 3 atom stereocenters. The lowest BCUT2D eigenvalue weighted by Crippen LogP contribution is -2.57. The zero-order chi connectivity index (χ0) is 44.6. The van der Waals surface area contributed by atoms with E-state index in [-0.39, 0.29) is 42.5 Å². The molecule has 0 aliphatic carbocycles. The fraction of sp³-hybridized carbons (Fsp3) is 0.449. The number of ether oxygens (including phenoxy) is 4. The molecule has 0 spiro atoms. The Kier molecular flexibility index (Phi) is 14.6. The molecule has 0 saturated carbocycles. The van der Waals surface area contributed by atoms with E-state index in [0.29, 0.717) is 85.9 Å². The number of nitrogens with zero attached hydrogens (tertiary/aromatic N) is 4. The van der Waals surface area contributed by atoms with E-state index in [4.69, 9.17) is 18.9 Å². The van der Waals surface area contributed by atoms with Gasteiger partial charge in [0.25, 0.3) is 5.91 Å². The van der Waals surface area contributed by atoms with Crippen LogP contribution in [-0.2, 0) is 39.5 Å². The third kappa shape index (κ3) is 10.6. The Morgan fingerprint density at radius 3 is 2.41 bits per heavy atom. The van der Waals surface area contributed by atoms with E-state index in [0.717, 1.165) is 54.4 Å². The van der Waals surface area contributed by atoms with Gasteiger partial charge in [0.15, 0.2) is 24.1 Å². The summed E-state index contributed by atoms with van der Waals surface area (Å²) in [6.07, 6.45) is 10.7. The summed E-state index contributed by atoms with van der Waals surface area (Å²) in [5.41, 5.74) is 5.96. The number of amides is 3. The molecular weight excluding hydrogens is 803 g/mol. The van der Waals surface area contributed by atoms with Crippen LogP contribution in [0.25, 0.3) is 11.1 Å². The normalized spacial score (nSPS) is 18.5. The molecule has 3 amide bonds. The zero-order valence-corrected chi connectivity index (χ0v) is 36.9. The van der Waals surface area contributed by atoms with Gasteiger partial charge in [-0.2, -0.15) is 0 Å². The van der Waals surface area contributed by atoms with Gasteiger partial charge in [-0.25, -0.2) is 9.69 Å². The largest absolute Gasteiger partial charge is 0.493 e. The quantitative estimate of drug-likeness (QED) is 0.0626. The van der Waals surface area contributed by atoms with Gasteiger partial charge in [-0.1, -0.05) is 36.9 Å². The third-order valence-electron chi connectivity index (χ3n) is 12.0. The molecule has 2 aromatic heterocycles. The number of nitrogens with one attached hydrogen (secondary N) is 1. The van der Waals surface area contributed by atoms with Crippen LogP contribution in [0.2, 0.25) is 0 Å². The molecule has 2 fully saturated rings. The van der Waals surface area contributed by atoms with Crippen LogP contribution in [0, 0.1) is 6.92 Å². The van der Waals surface area contributed by atoms with E-state index in [1.54, 1.807) is 42.9 Å². The monoisotopic (exact) mass is 861 g/mol. The minimum atomic E-state index is -0.824. The molecule has 14 nitrogen and oxygen atoms in total. The highest BCUT2D eigenvalue weighted by Crippen LogP contribution is 2.40. The van der Waals surface area contributed by atoms with Crippen molar-refractivity contribution >= 4 is 40.8 Å². The van der Waals surface area contributed by atoms with Crippen LogP contribution in [0.1, 0.15) is 114 Å². The number of hydrogen-bond acceptors (Lipinski definition) is 9. The maximum atomic E-state index is 14.2. The topological polar surface area (TPSA) is 151 Å². The Balaban J connectivity index is 0.926. The van der Waals surface area contributed by atoms with Crippen molar-refractivity contribution in [3.8, 4) is 16.9 Å². The first-order valence-corrected chi connectivity index (χ1v) is 22.1. The Hall–Kier alpha value is -5.99. The first-order valence-electron chi connectivity index (χ1n) is 22.1. The summed E-state index contributed by atoms with van der Waals surface area (Å²) in [6.45, 7) is 8.62. The van der Waals surface area contributed by atoms with Crippen molar-refractivity contribution in [2.75, 3.05) is 36.6 Å². The van der Waals surface area contributed by atoms with Crippen LogP contribution >= 0.6 is 0 Å². The second-order valence-electron chi connectivity index (χ2n) is 16.8. The molecule has 1 N–H and O–H groups in total. The van der Waals surface area contributed by atoms with Crippen LogP contribution in [0.5, 0.6) is 5.75 Å². The maximum Gasteiger partial charge on any atom is 0.416 e. The third-order valence-corrected chi connectivity index (χ3v) is 12.0. The fourth-order valence-corrected chi connectivity index (χ4v) is 8.74. The van der Waals surface area contributed by atoms with Crippen molar-refractivity contribution in [2.24, 2.45) is 14.1 Å². The van der Waals surface area contributed by atoms with Gasteiger partial charge in [0, 0.05) is 71.0 Å². The fourth-order valence-electron chi connectivity index (χ4n) is 8.74. The highest BCUT2D eigenvalue weighted by atomic mass is 16.7. The molecule has 334 valence electrons. The molecule has 4 aromatic rings. The Morgan fingerprint density at radius 2 is 1.68 bits per heavy atom. The molecule has 5 heterocycles. The molecule has 2 saturated heterocycles. The van der Waals surface area contributed by atoms with Crippen LogP contribution in [-0.4, -0.2) is 88.4 Å². The minimum Gasteiger partial charge on any atom is -0.493 e. The number of benzene rings is 2. The Labute approximate surface area is 369 Å². The second-order valence-corrected chi connectivity index (χ2v) is 16.8. The molecule has 2 unspecified atom stereocenters. The number of carbonyl (C=O) groups excluding carboxylic acids is 5. The van der Waals surface area contributed by atoms with Gasteiger partial charge in [-0.05, 0) is 99.6 Å². The van der Waals surface area contributed by atoms with Crippen molar-refractivity contribution in [1.82, 2.24) is 14.0 Å². The zero-order valence-electron chi connectivity index (χ0n) is 36.9. The SMILES string of the molecule is C=CCOC(=O)N1c2cc(OCCCCCC(=O)Nc3cc(C(=O)Cc4ccc(-c5cc(C(C)=O)n(C)c5)cc4)n(C)c3)c(C)cc2C(=O)N2CCCC[C@H]2C1OC1CCCCO1.